The molecule has 0 atom stereocenters. The molecule has 0 saturated heterocycles. The molecule has 0 radical (unpaired) electrons. The van der Waals surface area contributed by atoms with Crippen molar-refractivity contribution >= 4 is 5.97 Å². The fourth-order valence-corrected chi connectivity index (χ4v) is 1.69. The maximum absolute atomic E-state index is 10.4. The van der Waals surface area contributed by atoms with E-state index in [2.05, 4.69) is 13.8 Å². The van der Waals surface area contributed by atoms with Gasteiger partial charge in [0.2, 0.25) is 0 Å². The second-order valence-electron chi connectivity index (χ2n) is 3.74. The van der Waals surface area contributed by atoms with Gasteiger partial charge in [0.1, 0.15) is 0 Å². The number of rotatable bonds is 1. The van der Waals surface area contributed by atoms with Crippen molar-refractivity contribution in [2.45, 2.75) is 39.5 Å². The van der Waals surface area contributed by atoms with Gasteiger partial charge in [0.05, 0.1) is 0 Å². The van der Waals surface area contributed by atoms with Crippen LogP contribution in [0.4, 0.5) is 0 Å². The van der Waals surface area contributed by atoms with E-state index in [4.69, 9.17) is 5.11 Å². The Morgan fingerprint density at radius 3 is 2.15 bits per heavy atom. The standard InChI is InChI=1S/C11H16O2/c1-8(2)10-5-3-9(4-6-10)7-11(12)13/h7H,3-6H2,1-2H3,(H,12,13). The molecule has 0 aromatic heterocycles. The van der Waals surface area contributed by atoms with Crippen molar-refractivity contribution < 1.29 is 9.90 Å². The first-order chi connectivity index (χ1) is 6.09. The summed E-state index contributed by atoms with van der Waals surface area (Å²) in [5, 5.41) is 8.55. The predicted octanol–water partition coefficient (Wildman–Crippen LogP) is 2.91. The summed E-state index contributed by atoms with van der Waals surface area (Å²) in [4.78, 5) is 10.4. The van der Waals surface area contributed by atoms with Crippen LogP contribution in [0.3, 0.4) is 0 Å². The maximum atomic E-state index is 10.4. The minimum atomic E-state index is -0.810. The number of aliphatic carboxylic acids is 1. The van der Waals surface area contributed by atoms with E-state index in [0.717, 1.165) is 31.3 Å². The zero-order chi connectivity index (χ0) is 9.84. The molecule has 0 aliphatic heterocycles. The third-order valence-corrected chi connectivity index (χ3v) is 2.53. The van der Waals surface area contributed by atoms with Crippen molar-refractivity contribution in [3.8, 4) is 0 Å². The van der Waals surface area contributed by atoms with Crippen LogP contribution in [0.5, 0.6) is 0 Å². The Labute approximate surface area is 79.0 Å². The third-order valence-electron chi connectivity index (χ3n) is 2.53. The van der Waals surface area contributed by atoms with Crippen LogP contribution in [0.15, 0.2) is 22.8 Å². The van der Waals surface area contributed by atoms with Crippen LogP contribution in [0.25, 0.3) is 0 Å². The van der Waals surface area contributed by atoms with Crippen LogP contribution >= 0.6 is 0 Å². The van der Waals surface area contributed by atoms with Crippen LogP contribution in [0, 0.1) is 0 Å². The second kappa shape index (κ2) is 4.26. The lowest BCUT2D eigenvalue weighted by atomic mass is 9.88. The van der Waals surface area contributed by atoms with Gasteiger partial charge in [-0.25, -0.2) is 4.79 Å². The summed E-state index contributed by atoms with van der Waals surface area (Å²) in [7, 11) is 0. The van der Waals surface area contributed by atoms with Crippen molar-refractivity contribution in [2.24, 2.45) is 0 Å². The topological polar surface area (TPSA) is 37.3 Å². The molecule has 0 bridgehead atoms. The van der Waals surface area contributed by atoms with Crippen LogP contribution < -0.4 is 0 Å². The van der Waals surface area contributed by atoms with Gasteiger partial charge in [-0.1, -0.05) is 16.7 Å². The summed E-state index contributed by atoms with van der Waals surface area (Å²) in [6.45, 7) is 4.25. The third kappa shape index (κ3) is 3.05. The van der Waals surface area contributed by atoms with E-state index in [1.54, 1.807) is 0 Å². The first-order valence-electron chi connectivity index (χ1n) is 4.67. The van der Waals surface area contributed by atoms with Crippen molar-refractivity contribution in [3.63, 3.8) is 0 Å². The molecule has 1 rings (SSSR count). The normalized spacial score (nSPS) is 17.1. The average Bonchev–Trinajstić information content (AvgIpc) is 2.04. The molecule has 72 valence electrons. The molecule has 0 heterocycles. The van der Waals surface area contributed by atoms with E-state index < -0.39 is 5.97 Å². The fraction of sp³-hybridized carbons (Fsp3) is 0.545. The average molecular weight is 180 g/mol. The zero-order valence-electron chi connectivity index (χ0n) is 8.26. The Morgan fingerprint density at radius 1 is 1.23 bits per heavy atom. The monoisotopic (exact) mass is 180 g/mol. The quantitative estimate of drug-likeness (QED) is 0.497. The molecule has 0 aromatic rings. The Balaban J connectivity index is 2.58. The second-order valence-corrected chi connectivity index (χ2v) is 3.74. The highest BCUT2D eigenvalue weighted by Crippen LogP contribution is 2.29. The highest BCUT2D eigenvalue weighted by molar-refractivity contribution is 5.80. The molecule has 0 unspecified atom stereocenters. The first-order valence-corrected chi connectivity index (χ1v) is 4.67. The van der Waals surface area contributed by atoms with Crippen molar-refractivity contribution in [1.82, 2.24) is 0 Å². The smallest absolute Gasteiger partial charge is 0.328 e. The fourth-order valence-electron chi connectivity index (χ4n) is 1.69. The van der Waals surface area contributed by atoms with E-state index in [-0.39, 0.29) is 0 Å². The van der Waals surface area contributed by atoms with Gasteiger partial charge in [0, 0.05) is 6.08 Å². The van der Waals surface area contributed by atoms with Crippen molar-refractivity contribution in [3.05, 3.63) is 22.8 Å². The largest absolute Gasteiger partial charge is 0.478 e. The van der Waals surface area contributed by atoms with E-state index in [9.17, 15) is 4.79 Å². The van der Waals surface area contributed by atoms with Gasteiger partial charge < -0.3 is 5.11 Å². The van der Waals surface area contributed by atoms with E-state index in [1.807, 2.05) is 0 Å². The summed E-state index contributed by atoms with van der Waals surface area (Å²) in [5.41, 5.74) is 3.98. The van der Waals surface area contributed by atoms with Gasteiger partial charge >= 0.3 is 5.97 Å². The summed E-state index contributed by atoms with van der Waals surface area (Å²) < 4.78 is 0. The lowest BCUT2D eigenvalue weighted by Crippen LogP contribution is -2.01. The van der Waals surface area contributed by atoms with Crippen LogP contribution in [-0.4, -0.2) is 11.1 Å². The molecule has 1 fully saturated rings. The molecule has 1 aliphatic rings. The number of carboxylic acids is 1. The molecule has 13 heavy (non-hydrogen) atoms. The SMILES string of the molecule is CC(C)=C1CCC(=CC(=O)O)CC1. The Hall–Kier alpha value is -1.05. The maximum Gasteiger partial charge on any atom is 0.328 e. The minimum absolute atomic E-state index is 0.810. The number of hydrogen-bond acceptors (Lipinski definition) is 1. The summed E-state index contributed by atoms with van der Waals surface area (Å²) in [6, 6.07) is 0. The predicted molar refractivity (Wildman–Crippen MR) is 52.6 cm³/mol. The Kier molecular flexibility index (Phi) is 3.29. The molecule has 0 aromatic carbocycles. The van der Waals surface area contributed by atoms with Gasteiger partial charge in [-0.3, -0.25) is 0 Å². The molecule has 1 saturated carbocycles. The number of allylic oxidation sites excluding steroid dienone is 3. The van der Waals surface area contributed by atoms with Crippen molar-refractivity contribution in [1.29, 1.82) is 0 Å². The van der Waals surface area contributed by atoms with Crippen LogP contribution in [0.1, 0.15) is 39.5 Å². The molecular weight excluding hydrogens is 164 g/mol. The number of hydrogen-bond donors (Lipinski definition) is 1. The lowest BCUT2D eigenvalue weighted by Gasteiger charge is -2.18. The highest BCUT2D eigenvalue weighted by Gasteiger charge is 2.11. The van der Waals surface area contributed by atoms with Gasteiger partial charge in [-0.15, -0.1) is 0 Å². The van der Waals surface area contributed by atoms with E-state index in [1.165, 1.54) is 17.2 Å². The molecule has 2 nitrogen and oxygen atoms in total. The summed E-state index contributed by atoms with van der Waals surface area (Å²) in [6.07, 6.45) is 5.30. The summed E-state index contributed by atoms with van der Waals surface area (Å²) >= 11 is 0. The van der Waals surface area contributed by atoms with E-state index >= 15 is 0 Å². The highest BCUT2D eigenvalue weighted by atomic mass is 16.4. The first kappa shape index (κ1) is 10.0. The molecule has 1 N–H and O–H groups in total. The van der Waals surface area contributed by atoms with Crippen molar-refractivity contribution in [2.75, 3.05) is 0 Å². The van der Waals surface area contributed by atoms with Crippen LogP contribution in [-0.2, 0) is 4.79 Å². The zero-order valence-corrected chi connectivity index (χ0v) is 8.26. The number of carboxylic acid groups (broad SMARTS) is 1. The van der Waals surface area contributed by atoms with Crippen LogP contribution in [0.2, 0.25) is 0 Å². The van der Waals surface area contributed by atoms with Gasteiger partial charge in [0.15, 0.2) is 0 Å². The number of carbonyl (C=O) groups is 1. The Morgan fingerprint density at radius 2 is 1.77 bits per heavy atom. The van der Waals surface area contributed by atoms with Gasteiger partial charge in [-0.05, 0) is 39.5 Å². The minimum Gasteiger partial charge on any atom is -0.478 e. The molecule has 0 amide bonds. The Bertz CT molecular complexity index is 256. The summed E-state index contributed by atoms with van der Waals surface area (Å²) in [5.74, 6) is -0.810. The van der Waals surface area contributed by atoms with E-state index in [0.29, 0.717) is 0 Å². The molecule has 2 heteroatoms. The molecule has 0 spiro atoms. The van der Waals surface area contributed by atoms with Gasteiger partial charge in [-0.2, -0.15) is 0 Å². The van der Waals surface area contributed by atoms with Gasteiger partial charge in [0.25, 0.3) is 0 Å². The molecular formula is C11H16O2. The lowest BCUT2D eigenvalue weighted by molar-refractivity contribution is -0.131. The molecule has 1 aliphatic carbocycles.